The summed E-state index contributed by atoms with van der Waals surface area (Å²) in [6.45, 7) is 6.42. The predicted octanol–water partition coefficient (Wildman–Crippen LogP) is 2.44. The third-order valence-corrected chi connectivity index (χ3v) is 5.69. The van der Waals surface area contributed by atoms with E-state index in [1.165, 1.54) is 37.6 Å². The molecule has 2 heterocycles. The van der Waals surface area contributed by atoms with Crippen molar-refractivity contribution in [3.05, 3.63) is 42.7 Å². The van der Waals surface area contributed by atoms with E-state index >= 15 is 0 Å². The molecule has 1 aliphatic rings. The molecule has 0 amide bonds. The summed E-state index contributed by atoms with van der Waals surface area (Å²) in [5.41, 5.74) is 1.23. The summed E-state index contributed by atoms with van der Waals surface area (Å²) >= 11 is 1.19. The Kier molecular flexibility index (Phi) is 5.88. The van der Waals surface area contributed by atoms with Crippen molar-refractivity contribution in [3.8, 4) is 0 Å². The average Bonchev–Trinajstić information content (AvgIpc) is 2.67. The normalized spacial score (nSPS) is 14.6. The number of anilines is 2. The lowest BCUT2D eigenvalue weighted by Crippen LogP contribution is -2.46. The van der Waals surface area contributed by atoms with Crippen LogP contribution in [0.25, 0.3) is 0 Å². The summed E-state index contributed by atoms with van der Waals surface area (Å²) in [6, 6.07) is 12.2. The van der Waals surface area contributed by atoms with Crippen LogP contribution in [0, 0.1) is 0 Å². The summed E-state index contributed by atoms with van der Waals surface area (Å²) in [6.07, 6.45) is 1.50. The summed E-state index contributed by atoms with van der Waals surface area (Å²) in [4.78, 5) is 36.4. The van der Waals surface area contributed by atoms with Crippen LogP contribution in [0.1, 0.15) is 13.8 Å². The number of Topliss-reactive ketones (excluding diaryl/α,β-unsaturated/α-hetero) is 2. The molecule has 3 rings (SSSR count). The molecule has 1 fully saturated rings. The van der Waals surface area contributed by atoms with Crippen LogP contribution in [0.15, 0.2) is 47.8 Å². The quantitative estimate of drug-likeness (QED) is 0.439. The van der Waals surface area contributed by atoms with Crippen molar-refractivity contribution in [1.29, 1.82) is 0 Å². The van der Waals surface area contributed by atoms with Crippen molar-refractivity contribution < 1.29 is 9.59 Å². The van der Waals surface area contributed by atoms with Gasteiger partial charge in [0.05, 0.1) is 0 Å². The Balaban J connectivity index is 1.66. The van der Waals surface area contributed by atoms with Gasteiger partial charge in [0, 0.05) is 37.9 Å². The molecule has 0 bridgehead atoms. The van der Waals surface area contributed by atoms with E-state index in [1.807, 2.05) is 12.1 Å². The lowest BCUT2D eigenvalue weighted by molar-refractivity contribution is -0.123. The van der Waals surface area contributed by atoms with Crippen LogP contribution < -0.4 is 9.80 Å². The fraction of sp³-hybridized carbons (Fsp3) is 0.368. The maximum absolute atomic E-state index is 11.6. The number of carbonyl (C=O) groups excluding carboxylic acids is 2. The summed E-state index contributed by atoms with van der Waals surface area (Å²) in [5.74, 6) is 0.527. The highest BCUT2D eigenvalue weighted by Crippen LogP contribution is 2.26. The van der Waals surface area contributed by atoms with Gasteiger partial charge in [0.2, 0.25) is 0 Å². The molecule has 26 heavy (non-hydrogen) atoms. The van der Waals surface area contributed by atoms with Crippen molar-refractivity contribution >= 4 is 34.8 Å². The molecule has 0 saturated carbocycles. The van der Waals surface area contributed by atoms with Crippen molar-refractivity contribution in [2.45, 2.75) is 24.1 Å². The SMILES string of the molecule is CC(=O)C(Sc1cc(N2CCN(c3ccccc3)CC2)ncn1)C(C)=O. The van der Waals surface area contributed by atoms with E-state index in [9.17, 15) is 9.59 Å². The summed E-state index contributed by atoms with van der Waals surface area (Å²) < 4.78 is 0. The zero-order chi connectivity index (χ0) is 18.5. The maximum atomic E-state index is 11.6. The minimum atomic E-state index is -0.701. The molecule has 1 saturated heterocycles. The fourth-order valence-corrected chi connectivity index (χ4v) is 3.83. The highest BCUT2D eigenvalue weighted by atomic mass is 32.2. The van der Waals surface area contributed by atoms with Gasteiger partial charge >= 0.3 is 0 Å². The molecular weight excluding hydrogens is 348 g/mol. The monoisotopic (exact) mass is 370 g/mol. The van der Waals surface area contributed by atoms with Gasteiger partial charge in [-0.2, -0.15) is 0 Å². The minimum absolute atomic E-state index is 0.154. The Bertz CT molecular complexity index is 762. The van der Waals surface area contributed by atoms with Crippen LogP contribution >= 0.6 is 11.8 Å². The number of hydrogen-bond acceptors (Lipinski definition) is 7. The number of benzene rings is 1. The number of aromatic nitrogens is 2. The Labute approximate surface area is 157 Å². The molecule has 6 nitrogen and oxygen atoms in total. The van der Waals surface area contributed by atoms with E-state index in [2.05, 4.69) is 44.0 Å². The Morgan fingerprint density at radius 2 is 1.58 bits per heavy atom. The highest BCUT2D eigenvalue weighted by molar-refractivity contribution is 8.01. The van der Waals surface area contributed by atoms with Gasteiger partial charge < -0.3 is 9.80 Å². The van der Waals surface area contributed by atoms with Gasteiger partial charge in [0.15, 0.2) is 11.6 Å². The number of thioether (sulfide) groups is 1. The molecule has 0 aliphatic carbocycles. The second-order valence-corrected chi connectivity index (χ2v) is 7.37. The van der Waals surface area contributed by atoms with Crippen LogP contribution in [0.2, 0.25) is 0 Å². The average molecular weight is 370 g/mol. The van der Waals surface area contributed by atoms with Crippen molar-refractivity contribution in [3.63, 3.8) is 0 Å². The van der Waals surface area contributed by atoms with Crippen molar-refractivity contribution in [1.82, 2.24) is 9.97 Å². The standard InChI is InChI=1S/C19H22N4O2S/c1-14(24)19(15(2)25)26-18-12-17(20-13-21-18)23-10-8-22(9-11-23)16-6-4-3-5-7-16/h3-7,12-13,19H,8-11H2,1-2H3. The Morgan fingerprint density at radius 1 is 0.962 bits per heavy atom. The van der Waals surface area contributed by atoms with Gasteiger partial charge in [-0.15, -0.1) is 0 Å². The molecule has 0 N–H and O–H groups in total. The first-order chi connectivity index (χ1) is 12.5. The van der Waals surface area contributed by atoms with E-state index in [4.69, 9.17) is 0 Å². The van der Waals surface area contributed by atoms with Gasteiger partial charge in [0.25, 0.3) is 0 Å². The second kappa shape index (κ2) is 8.31. The summed E-state index contributed by atoms with van der Waals surface area (Å²) in [5, 5.41) is -0.0523. The highest BCUT2D eigenvalue weighted by Gasteiger charge is 2.23. The lowest BCUT2D eigenvalue weighted by atomic mass is 10.2. The van der Waals surface area contributed by atoms with Gasteiger partial charge in [-0.25, -0.2) is 9.97 Å². The fourth-order valence-electron chi connectivity index (χ4n) is 2.97. The molecular formula is C19H22N4O2S. The van der Waals surface area contributed by atoms with E-state index in [1.54, 1.807) is 0 Å². The number of ketones is 2. The Morgan fingerprint density at radius 3 is 2.19 bits per heavy atom. The number of nitrogens with zero attached hydrogens (tertiary/aromatic N) is 4. The molecule has 7 heteroatoms. The number of hydrogen-bond donors (Lipinski definition) is 0. The first kappa shape index (κ1) is 18.4. The van der Waals surface area contributed by atoms with E-state index < -0.39 is 5.25 Å². The minimum Gasteiger partial charge on any atom is -0.368 e. The lowest BCUT2D eigenvalue weighted by Gasteiger charge is -2.36. The van der Waals surface area contributed by atoms with Crippen LogP contribution in [-0.2, 0) is 9.59 Å². The molecule has 0 spiro atoms. The number of para-hydroxylation sites is 1. The van der Waals surface area contributed by atoms with E-state index in [-0.39, 0.29) is 11.6 Å². The molecule has 1 aliphatic heterocycles. The van der Waals surface area contributed by atoms with Crippen LogP contribution in [0.3, 0.4) is 0 Å². The topological polar surface area (TPSA) is 66.4 Å². The zero-order valence-corrected chi connectivity index (χ0v) is 15.8. The van der Waals surface area contributed by atoms with Gasteiger partial charge in [0.1, 0.15) is 22.4 Å². The second-order valence-electron chi connectivity index (χ2n) is 6.24. The van der Waals surface area contributed by atoms with E-state index in [0.717, 1.165) is 32.0 Å². The smallest absolute Gasteiger partial charge is 0.150 e. The maximum Gasteiger partial charge on any atom is 0.150 e. The number of carbonyl (C=O) groups is 2. The largest absolute Gasteiger partial charge is 0.368 e. The van der Waals surface area contributed by atoms with Crippen molar-refractivity contribution in [2.75, 3.05) is 36.0 Å². The van der Waals surface area contributed by atoms with E-state index in [0.29, 0.717) is 5.03 Å². The first-order valence-corrected chi connectivity index (χ1v) is 9.47. The number of piperazine rings is 1. The molecule has 1 aromatic heterocycles. The zero-order valence-electron chi connectivity index (χ0n) is 15.0. The molecule has 136 valence electrons. The third-order valence-electron chi connectivity index (χ3n) is 4.33. The third kappa shape index (κ3) is 4.40. The Hall–Kier alpha value is -2.41. The van der Waals surface area contributed by atoms with Gasteiger partial charge in [-0.3, -0.25) is 9.59 Å². The van der Waals surface area contributed by atoms with Crippen LogP contribution in [0.5, 0.6) is 0 Å². The molecule has 1 aromatic carbocycles. The molecule has 0 unspecified atom stereocenters. The van der Waals surface area contributed by atoms with Crippen LogP contribution in [0.4, 0.5) is 11.5 Å². The molecule has 0 atom stereocenters. The number of rotatable bonds is 6. The van der Waals surface area contributed by atoms with Crippen LogP contribution in [-0.4, -0.2) is 53.0 Å². The molecule has 2 aromatic rings. The van der Waals surface area contributed by atoms with Gasteiger partial charge in [-0.1, -0.05) is 30.0 Å². The predicted molar refractivity (Wildman–Crippen MR) is 104 cm³/mol. The summed E-state index contributed by atoms with van der Waals surface area (Å²) in [7, 11) is 0. The first-order valence-electron chi connectivity index (χ1n) is 8.59. The van der Waals surface area contributed by atoms with Gasteiger partial charge in [-0.05, 0) is 26.0 Å². The van der Waals surface area contributed by atoms with Crippen molar-refractivity contribution in [2.24, 2.45) is 0 Å². The molecule has 0 radical (unpaired) electrons.